The van der Waals surface area contributed by atoms with Crippen molar-refractivity contribution in [3.63, 3.8) is 0 Å². The van der Waals surface area contributed by atoms with Crippen LogP contribution in [0, 0.1) is 20.2 Å². The lowest BCUT2D eigenvalue weighted by Crippen LogP contribution is -2.61. The van der Waals surface area contributed by atoms with E-state index >= 15 is 0 Å². The largest absolute Gasteiger partial charge is 0.461 e. The second-order valence-corrected chi connectivity index (χ2v) is 5.14. The van der Waals surface area contributed by atoms with Crippen molar-refractivity contribution in [2.75, 3.05) is 0 Å². The lowest BCUT2D eigenvalue weighted by Gasteiger charge is -2.43. The fourth-order valence-electron chi connectivity index (χ4n) is 3.06. The topological polar surface area (TPSA) is 89.5 Å². The maximum absolute atomic E-state index is 11.0. The summed E-state index contributed by atoms with van der Waals surface area (Å²) < 4.78 is 0. The first-order valence-corrected chi connectivity index (χ1v) is 5.79. The molecule has 0 spiro atoms. The molecule has 1 heterocycles. The molecule has 1 saturated heterocycles. The van der Waals surface area contributed by atoms with Gasteiger partial charge in [-0.15, -0.1) is 0 Å². The highest BCUT2D eigenvalue weighted by molar-refractivity contribution is 4.90. The van der Waals surface area contributed by atoms with Gasteiger partial charge in [0, 0.05) is 18.1 Å². The molecule has 2 unspecified atom stereocenters. The average Bonchev–Trinajstić information content (AvgIpc) is 2.14. The minimum Gasteiger partial charge on any atom is -0.294 e. The smallest absolute Gasteiger partial charge is 0.294 e. The summed E-state index contributed by atoms with van der Waals surface area (Å²) in [6.07, 6.45) is -0.0644. The number of piperidine rings is 1. The molecule has 7 heteroatoms. The van der Waals surface area contributed by atoms with Gasteiger partial charge in [0.15, 0.2) is 0 Å². The number of rotatable bonds is 3. The normalized spacial score (nSPS) is 29.2. The first-order chi connectivity index (χ1) is 7.72. The third-order valence-corrected chi connectivity index (χ3v) is 3.54. The molecule has 0 saturated carbocycles. The molecule has 7 nitrogen and oxygen atoms in total. The van der Waals surface area contributed by atoms with Crippen LogP contribution in [0.15, 0.2) is 0 Å². The van der Waals surface area contributed by atoms with Crippen LogP contribution in [0.4, 0.5) is 0 Å². The van der Waals surface area contributed by atoms with Crippen LogP contribution in [0.5, 0.6) is 0 Å². The third kappa shape index (κ3) is 2.24. The zero-order valence-corrected chi connectivity index (χ0v) is 10.6. The molecule has 98 valence electrons. The van der Waals surface area contributed by atoms with Gasteiger partial charge < -0.3 is 0 Å². The molecule has 1 rings (SSSR count). The van der Waals surface area contributed by atoms with Crippen molar-refractivity contribution in [1.29, 1.82) is 0 Å². The number of hydrogen-bond acceptors (Lipinski definition) is 5. The van der Waals surface area contributed by atoms with Gasteiger partial charge in [0.1, 0.15) is 12.8 Å². The Morgan fingerprint density at radius 1 is 1.12 bits per heavy atom. The SMILES string of the molecule is CC(C)N1C(C)CC([N+](=O)[O-])([N+](=O)[O-])CC1C. The highest BCUT2D eigenvalue weighted by atomic mass is 16.7. The van der Waals surface area contributed by atoms with E-state index in [-0.39, 0.29) is 31.0 Å². The molecule has 0 aromatic heterocycles. The zero-order valence-electron chi connectivity index (χ0n) is 10.6. The summed E-state index contributed by atoms with van der Waals surface area (Å²) in [6, 6.07) is -0.0828. The fraction of sp³-hybridized carbons (Fsp3) is 1.00. The predicted octanol–water partition coefficient (Wildman–Crippen LogP) is 1.52. The van der Waals surface area contributed by atoms with E-state index < -0.39 is 15.5 Å². The van der Waals surface area contributed by atoms with Crippen molar-refractivity contribution >= 4 is 0 Å². The molecule has 0 amide bonds. The molecule has 0 bridgehead atoms. The first-order valence-electron chi connectivity index (χ1n) is 5.79. The Hall–Kier alpha value is -1.24. The molecule has 0 aliphatic carbocycles. The van der Waals surface area contributed by atoms with Crippen molar-refractivity contribution in [2.24, 2.45) is 0 Å². The molecule has 0 aromatic rings. The van der Waals surface area contributed by atoms with E-state index in [0.717, 1.165) is 0 Å². The highest BCUT2D eigenvalue weighted by Gasteiger charge is 2.61. The molecule has 0 N–H and O–H groups in total. The number of nitrogens with zero attached hydrogens (tertiary/aromatic N) is 3. The molecular weight excluding hydrogens is 226 g/mol. The molecule has 1 aliphatic rings. The van der Waals surface area contributed by atoms with Gasteiger partial charge in [-0.1, -0.05) is 0 Å². The lowest BCUT2D eigenvalue weighted by molar-refractivity contribution is -0.802. The van der Waals surface area contributed by atoms with Gasteiger partial charge >= 0.3 is 5.66 Å². The van der Waals surface area contributed by atoms with Gasteiger partial charge in [-0.05, 0) is 27.7 Å². The molecule has 1 aliphatic heterocycles. The summed E-state index contributed by atoms with van der Waals surface area (Å²) in [7, 11) is 0. The second kappa shape index (κ2) is 4.56. The monoisotopic (exact) mass is 245 g/mol. The van der Waals surface area contributed by atoms with Crippen molar-refractivity contribution < 1.29 is 9.85 Å². The Morgan fingerprint density at radius 3 is 1.71 bits per heavy atom. The summed E-state index contributed by atoms with van der Waals surface area (Å²) in [5, 5.41) is 22.1. The van der Waals surface area contributed by atoms with Gasteiger partial charge in [-0.3, -0.25) is 25.1 Å². The Balaban J connectivity index is 3.04. The minimum atomic E-state index is -2.01. The molecular formula is C10H19N3O4. The fourth-order valence-corrected chi connectivity index (χ4v) is 3.06. The molecule has 0 radical (unpaired) electrons. The molecule has 2 atom stereocenters. The van der Waals surface area contributed by atoms with Crippen LogP contribution in [-0.4, -0.2) is 38.5 Å². The summed E-state index contributed by atoms with van der Waals surface area (Å²) in [4.78, 5) is 22.7. The number of nitro groups is 2. The first kappa shape index (κ1) is 13.8. The summed E-state index contributed by atoms with van der Waals surface area (Å²) in [6.45, 7) is 7.63. The van der Waals surface area contributed by atoms with E-state index in [4.69, 9.17) is 0 Å². The van der Waals surface area contributed by atoms with E-state index in [9.17, 15) is 20.2 Å². The lowest BCUT2D eigenvalue weighted by atomic mass is 9.86. The minimum absolute atomic E-state index is 0.0322. The van der Waals surface area contributed by atoms with Gasteiger partial charge in [-0.2, -0.15) is 0 Å². The summed E-state index contributed by atoms with van der Waals surface area (Å²) in [5.74, 6) is 0. The van der Waals surface area contributed by atoms with E-state index in [1.165, 1.54) is 0 Å². The van der Waals surface area contributed by atoms with Gasteiger partial charge in [0.2, 0.25) is 0 Å². The Bertz CT molecular complexity index is 304. The molecule has 0 aromatic carbocycles. The van der Waals surface area contributed by atoms with Crippen molar-refractivity contribution in [2.45, 2.75) is 64.3 Å². The zero-order chi connectivity index (χ0) is 13.4. The number of likely N-dealkylation sites (tertiary alicyclic amines) is 1. The Morgan fingerprint density at radius 2 is 1.47 bits per heavy atom. The predicted molar refractivity (Wildman–Crippen MR) is 61.9 cm³/mol. The van der Waals surface area contributed by atoms with E-state index in [0.29, 0.717) is 0 Å². The van der Waals surface area contributed by atoms with Gasteiger partial charge in [-0.25, -0.2) is 0 Å². The van der Waals surface area contributed by atoms with Crippen molar-refractivity contribution in [1.82, 2.24) is 4.90 Å². The quantitative estimate of drug-likeness (QED) is 0.427. The number of hydrogen-bond donors (Lipinski definition) is 0. The third-order valence-electron chi connectivity index (χ3n) is 3.54. The van der Waals surface area contributed by atoms with Crippen molar-refractivity contribution in [3.8, 4) is 0 Å². The second-order valence-electron chi connectivity index (χ2n) is 5.14. The van der Waals surface area contributed by atoms with E-state index in [1.807, 2.05) is 27.7 Å². The molecule has 1 fully saturated rings. The van der Waals surface area contributed by atoms with Crippen LogP contribution in [0.1, 0.15) is 40.5 Å². The van der Waals surface area contributed by atoms with Crippen LogP contribution >= 0.6 is 0 Å². The molecule has 17 heavy (non-hydrogen) atoms. The van der Waals surface area contributed by atoms with Crippen LogP contribution in [0.25, 0.3) is 0 Å². The van der Waals surface area contributed by atoms with Crippen LogP contribution in [0.2, 0.25) is 0 Å². The Kier molecular flexibility index (Phi) is 3.71. The van der Waals surface area contributed by atoms with E-state index in [2.05, 4.69) is 4.90 Å². The van der Waals surface area contributed by atoms with Gasteiger partial charge in [0.25, 0.3) is 0 Å². The standard InChI is InChI=1S/C10H19N3O4/c1-7(2)11-8(3)5-10(12(14)15,13(16)17)6-9(11)4/h7-9H,5-6H2,1-4H3. The summed E-state index contributed by atoms with van der Waals surface area (Å²) in [5.41, 5.74) is -2.01. The highest BCUT2D eigenvalue weighted by Crippen LogP contribution is 2.35. The maximum atomic E-state index is 11.0. The van der Waals surface area contributed by atoms with Crippen LogP contribution in [-0.2, 0) is 0 Å². The average molecular weight is 245 g/mol. The van der Waals surface area contributed by atoms with E-state index in [1.54, 1.807) is 0 Å². The van der Waals surface area contributed by atoms with Crippen LogP contribution < -0.4 is 0 Å². The summed E-state index contributed by atoms with van der Waals surface area (Å²) >= 11 is 0. The van der Waals surface area contributed by atoms with Crippen LogP contribution in [0.3, 0.4) is 0 Å². The maximum Gasteiger partial charge on any atom is 0.461 e. The van der Waals surface area contributed by atoms with Crippen molar-refractivity contribution in [3.05, 3.63) is 20.2 Å². The van der Waals surface area contributed by atoms with Gasteiger partial charge in [0.05, 0.1) is 9.85 Å². The Labute approximate surface area is 100 Å².